The number of nitrogens with one attached hydrogen (secondary N) is 1. The molecule has 0 saturated carbocycles. The monoisotopic (exact) mass is 296 g/mol. The van der Waals surface area contributed by atoms with Crippen molar-refractivity contribution in [3.63, 3.8) is 0 Å². The number of rotatable bonds is 4. The van der Waals surface area contributed by atoms with Crippen LogP contribution in [0.15, 0.2) is 48.5 Å². The van der Waals surface area contributed by atoms with Crippen LogP contribution in [0, 0.1) is 0 Å². The van der Waals surface area contributed by atoms with E-state index in [0.717, 1.165) is 31.7 Å². The van der Waals surface area contributed by atoms with Gasteiger partial charge < -0.3 is 15.8 Å². The normalized spacial score (nSPS) is 17.2. The van der Waals surface area contributed by atoms with Gasteiger partial charge in [-0.1, -0.05) is 36.4 Å². The summed E-state index contributed by atoms with van der Waals surface area (Å²) in [7, 11) is 1.69. The Labute approximate surface area is 132 Å². The van der Waals surface area contributed by atoms with Crippen molar-refractivity contribution in [2.24, 2.45) is 5.73 Å². The van der Waals surface area contributed by atoms with Crippen LogP contribution in [-0.4, -0.2) is 26.7 Å². The van der Waals surface area contributed by atoms with E-state index >= 15 is 0 Å². The molecule has 22 heavy (non-hydrogen) atoms. The summed E-state index contributed by atoms with van der Waals surface area (Å²) >= 11 is 0. The van der Waals surface area contributed by atoms with Gasteiger partial charge in [-0.15, -0.1) is 0 Å². The molecule has 0 amide bonds. The Morgan fingerprint density at radius 3 is 2.41 bits per heavy atom. The van der Waals surface area contributed by atoms with Gasteiger partial charge in [0.2, 0.25) is 0 Å². The fourth-order valence-electron chi connectivity index (χ4n) is 3.33. The average molecular weight is 296 g/mol. The second-order valence-corrected chi connectivity index (χ2v) is 6.04. The predicted octanol–water partition coefficient (Wildman–Crippen LogP) is 2.94. The van der Waals surface area contributed by atoms with E-state index in [-0.39, 0.29) is 5.41 Å². The van der Waals surface area contributed by atoms with Gasteiger partial charge >= 0.3 is 0 Å². The first-order valence-corrected chi connectivity index (χ1v) is 7.93. The lowest BCUT2D eigenvalue weighted by Crippen LogP contribution is -2.44. The van der Waals surface area contributed by atoms with Crippen LogP contribution in [0.5, 0.6) is 5.75 Å². The number of hydrogen-bond donors (Lipinski definition) is 2. The van der Waals surface area contributed by atoms with Gasteiger partial charge in [0.05, 0.1) is 7.11 Å². The topological polar surface area (TPSA) is 47.3 Å². The smallest absolute Gasteiger partial charge is 0.118 e. The first kappa shape index (κ1) is 15.1. The largest absolute Gasteiger partial charge is 0.497 e. The Morgan fingerprint density at radius 1 is 1.05 bits per heavy atom. The molecule has 0 aliphatic carbocycles. The van der Waals surface area contributed by atoms with Gasteiger partial charge in [-0.05, 0) is 54.8 Å². The fraction of sp³-hybridized carbons (Fsp3) is 0.368. The maximum Gasteiger partial charge on any atom is 0.118 e. The molecule has 3 rings (SSSR count). The first-order chi connectivity index (χ1) is 10.8. The number of ether oxygens (including phenoxy) is 1. The molecule has 1 fully saturated rings. The van der Waals surface area contributed by atoms with Gasteiger partial charge in [0.15, 0.2) is 0 Å². The molecule has 2 aromatic rings. The third-order valence-electron chi connectivity index (χ3n) is 4.85. The van der Waals surface area contributed by atoms with Crippen molar-refractivity contribution in [2.45, 2.75) is 18.3 Å². The highest BCUT2D eigenvalue weighted by Crippen LogP contribution is 2.34. The SMILES string of the molecule is COc1ccc(-c2cccc(C3(CN)CCNCC3)c2)cc1. The zero-order valence-electron chi connectivity index (χ0n) is 13.1. The number of methoxy groups -OCH3 is 1. The number of hydrogen-bond acceptors (Lipinski definition) is 3. The van der Waals surface area contributed by atoms with Crippen LogP contribution < -0.4 is 15.8 Å². The molecule has 1 saturated heterocycles. The standard InChI is InChI=1S/C19H24N2O/c1-22-18-7-5-15(6-8-18)16-3-2-4-17(13-16)19(14-20)9-11-21-12-10-19/h2-8,13,21H,9-12,14,20H2,1H3. The summed E-state index contributed by atoms with van der Waals surface area (Å²) in [6.45, 7) is 2.80. The van der Waals surface area contributed by atoms with Crippen molar-refractivity contribution in [2.75, 3.05) is 26.7 Å². The Bertz CT molecular complexity index is 616. The van der Waals surface area contributed by atoms with Crippen LogP contribution in [0.4, 0.5) is 0 Å². The van der Waals surface area contributed by atoms with E-state index in [0.29, 0.717) is 6.54 Å². The highest BCUT2D eigenvalue weighted by molar-refractivity contribution is 5.65. The molecule has 0 spiro atoms. The van der Waals surface area contributed by atoms with Crippen LogP contribution in [0.2, 0.25) is 0 Å². The highest BCUT2D eigenvalue weighted by Gasteiger charge is 2.32. The van der Waals surface area contributed by atoms with Crippen LogP contribution in [0.25, 0.3) is 11.1 Å². The lowest BCUT2D eigenvalue weighted by atomic mass is 9.73. The summed E-state index contributed by atoms with van der Waals surface area (Å²) < 4.78 is 5.23. The highest BCUT2D eigenvalue weighted by atomic mass is 16.5. The molecule has 116 valence electrons. The van der Waals surface area contributed by atoms with Crippen LogP contribution in [-0.2, 0) is 5.41 Å². The molecular weight excluding hydrogens is 272 g/mol. The Hall–Kier alpha value is -1.84. The lowest BCUT2D eigenvalue weighted by molar-refractivity contribution is 0.315. The quantitative estimate of drug-likeness (QED) is 0.912. The molecule has 0 bridgehead atoms. The minimum atomic E-state index is 0.119. The zero-order valence-corrected chi connectivity index (χ0v) is 13.1. The van der Waals surface area contributed by atoms with Gasteiger partial charge in [-0.25, -0.2) is 0 Å². The average Bonchev–Trinajstić information content (AvgIpc) is 2.62. The Balaban J connectivity index is 1.94. The third-order valence-corrected chi connectivity index (χ3v) is 4.85. The third kappa shape index (κ3) is 2.87. The van der Waals surface area contributed by atoms with E-state index in [4.69, 9.17) is 10.5 Å². The van der Waals surface area contributed by atoms with E-state index in [1.807, 2.05) is 12.1 Å². The zero-order chi connectivity index (χ0) is 15.4. The molecule has 0 atom stereocenters. The molecule has 3 N–H and O–H groups in total. The molecule has 0 aromatic heterocycles. The molecule has 0 unspecified atom stereocenters. The summed E-state index contributed by atoms with van der Waals surface area (Å²) in [5.41, 5.74) is 10.1. The minimum absolute atomic E-state index is 0.119. The summed E-state index contributed by atoms with van der Waals surface area (Å²) in [6.07, 6.45) is 2.21. The molecule has 2 aromatic carbocycles. The molecule has 0 radical (unpaired) electrons. The van der Waals surface area contributed by atoms with Gasteiger partial charge in [0, 0.05) is 12.0 Å². The molecule has 3 heteroatoms. The van der Waals surface area contributed by atoms with Gasteiger partial charge in [-0.2, -0.15) is 0 Å². The van der Waals surface area contributed by atoms with E-state index in [9.17, 15) is 0 Å². The second kappa shape index (κ2) is 6.51. The number of nitrogens with two attached hydrogens (primary N) is 1. The molecular formula is C19H24N2O. The lowest BCUT2D eigenvalue weighted by Gasteiger charge is -2.37. The fourth-order valence-corrected chi connectivity index (χ4v) is 3.33. The van der Waals surface area contributed by atoms with E-state index in [1.165, 1.54) is 16.7 Å². The Morgan fingerprint density at radius 2 is 1.77 bits per heavy atom. The van der Waals surface area contributed by atoms with E-state index in [1.54, 1.807) is 7.11 Å². The van der Waals surface area contributed by atoms with Crippen molar-refractivity contribution in [3.05, 3.63) is 54.1 Å². The molecule has 1 aliphatic rings. The van der Waals surface area contributed by atoms with Crippen molar-refractivity contribution in [3.8, 4) is 16.9 Å². The van der Waals surface area contributed by atoms with E-state index < -0.39 is 0 Å². The van der Waals surface area contributed by atoms with E-state index in [2.05, 4.69) is 41.7 Å². The second-order valence-electron chi connectivity index (χ2n) is 6.04. The maximum absolute atomic E-state index is 6.15. The maximum atomic E-state index is 6.15. The van der Waals surface area contributed by atoms with Crippen molar-refractivity contribution in [1.82, 2.24) is 5.32 Å². The Kier molecular flexibility index (Phi) is 4.46. The van der Waals surface area contributed by atoms with Crippen LogP contribution in [0.1, 0.15) is 18.4 Å². The van der Waals surface area contributed by atoms with Crippen molar-refractivity contribution < 1.29 is 4.74 Å². The summed E-state index contributed by atoms with van der Waals surface area (Å²) in [5, 5.41) is 3.43. The molecule has 1 aliphatic heterocycles. The molecule has 3 nitrogen and oxygen atoms in total. The first-order valence-electron chi connectivity index (χ1n) is 7.93. The summed E-state index contributed by atoms with van der Waals surface area (Å²) in [5.74, 6) is 0.886. The van der Waals surface area contributed by atoms with Crippen molar-refractivity contribution >= 4 is 0 Å². The van der Waals surface area contributed by atoms with Gasteiger partial charge in [0.1, 0.15) is 5.75 Å². The van der Waals surface area contributed by atoms with Gasteiger partial charge in [0.25, 0.3) is 0 Å². The predicted molar refractivity (Wildman–Crippen MR) is 91.3 cm³/mol. The molecule has 1 heterocycles. The van der Waals surface area contributed by atoms with Crippen LogP contribution >= 0.6 is 0 Å². The number of benzene rings is 2. The van der Waals surface area contributed by atoms with Crippen molar-refractivity contribution in [1.29, 1.82) is 0 Å². The van der Waals surface area contributed by atoms with Crippen LogP contribution in [0.3, 0.4) is 0 Å². The number of piperidine rings is 1. The van der Waals surface area contributed by atoms with Gasteiger partial charge in [-0.3, -0.25) is 0 Å². The minimum Gasteiger partial charge on any atom is -0.497 e. The summed E-state index contributed by atoms with van der Waals surface area (Å²) in [6, 6.07) is 17.1. The summed E-state index contributed by atoms with van der Waals surface area (Å²) in [4.78, 5) is 0.